The Morgan fingerprint density at radius 3 is 2.67 bits per heavy atom. The smallest absolute Gasteiger partial charge is 0.224 e. The first-order chi connectivity index (χ1) is 10.1. The standard InChI is InChI=1S/C17H18FNO2/c1-12-9-13(7-8-16(12)21-2)11-19-17(20)10-14-5-3-4-6-15(14)18/h3-9H,10-11H2,1-2H3,(H,19,20). The van der Waals surface area contributed by atoms with Gasteiger partial charge in [0.25, 0.3) is 0 Å². The van der Waals surface area contributed by atoms with Crippen molar-refractivity contribution in [3.05, 3.63) is 65.0 Å². The van der Waals surface area contributed by atoms with Gasteiger partial charge in [-0.2, -0.15) is 0 Å². The first-order valence-electron chi connectivity index (χ1n) is 6.74. The Morgan fingerprint density at radius 1 is 1.24 bits per heavy atom. The zero-order chi connectivity index (χ0) is 15.2. The van der Waals surface area contributed by atoms with Gasteiger partial charge in [0.05, 0.1) is 13.5 Å². The molecule has 2 aromatic carbocycles. The van der Waals surface area contributed by atoms with Crippen LogP contribution >= 0.6 is 0 Å². The Morgan fingerprint density at radius 2 is 2.00 bits per heavy atom. The van der Waals surface area contributed by atoms with E-state index in [1.54, 1.807) is 25.3 Å². The molecule has 1 N–H and O–H groups in total. The van der Waals surface area contributed by atoms with E-state index in [0.717, 1.165) is 16.9 Å². The summed E-state index contributed by atoms with van der Waals surface area (Å²) in [5, 5.41) is 2.79. The Hall–Kier alpha value is -2.36. The van der Waals surface area contributed by atoms with Crippen LogP contribution in [0, 0.1) is 12.7 Å². The van der Waals surface area contributed by atoms with Crippen molar-refractivity contribution < 1.29 is 13.9 Å². The molecule has 0 aliphatic heterocycles. The number of halogens is 1. The molecular formula is C17H18FNO2. The minimum Gasteiger partial charge on any atom is -0.496 e. The number of aryl methyl sites for hydroxylation is 1. The van der Waals surface area contributed by atoms with E-state index in [1.165, 1.54) is 6.07 Å². The average molecular weight is 287 g/mol. The second-order valence-corrected chi connectivity index (χ2v) is 4.85. The number of rotatable bonds is 5. The van der Waals surface area contributed by atoms with E-state index in [2.05, 4.69) is 5.32 Å². The second kappa shape index (κ2) is 6.88. The fraction of sp³-hybridized carbons (Fsp3) is 0.235. The van der Waals surface area contributed by atoms with E-state index in [4.69, 9.17) is 4.74 Å². The summed E-state index contributed by atoms with van der Waals surface area (Å²) in [5.74, 6) is 0.262. The lowest BCUT2D eigenvalue weighted by Gasteiger charge is -2.09. The van der Waals surface area contributed by atoms with Crippen molar-refractivity contribution in [2.45, 2.75) is 19.9 Å². The maximum absolute atomic E-state index is 13.5. The van der Waals surface area contributed by atoms with Crippen LogP contribution in [0.3, 0.4) is 0 Å². The molecule has 0 heterocycles. The van der Waals surface area contributed by atoms with Crippen LogP contribution in [0.5, 0.6) is 5.75 Å². The fourth-order valence-corrected chi connectivity index (χ4v) is 2.13. The number of carbonyl (C=O) groups excluding carboxylic acids is 1. The molecule has 0 saturated carbocycles. The maximum atomic E-state index is 13.5. The van der Waals surface area contributed by atoms with E-state index in [-0.39, 0.29) is 18.1 Å². The third-order valence-electron chi connectivity index (χ3n) is 3.26. The molecule has 4 heteroatoms. The zero-order valence-electron chi connectivity index (χ0n) is 12.2. The highest BCUT2D eigenvalue weighted by molar-refractivity contribution is 5.78. The van der Waals surface area contributed by atoms with Crippen LogP contribution in [0.4, 0.5) is 4.39 Å². The van der Waals surface area contributed by atoms with E-state index >= 15 is 0 Å². The van der Waals surface area contributed by atoms with Crippen LogP contribution in [0.2, 0.25) is 0 Å². The Bertz CT molecular complexity index is 640. The Kier molecular flexibility index (Phi) is 4.93. The second-order valence-electron chi connectivity index (χ2n) is 4.85. The van der Waals surface area contributed by atoms with Crippen LogP contribution in [-0.4, -0.2) is 13.0 Å². The van der Waals surface area contributed by atoms with Crippen LogP contribution in [0.15, 0.2) is 42.5 Å². The summed E-state index contributed by atoms with van der Waals surface area (Å²) in [5.41, 5.74) is 2.40. The van der Waals surface area contributed by atoms with Crippen LogP contribution < -0.4 is 10.1 Å². The van der Waals surface area contributed by atoms with E-state index in [0.29, 0.717) is 12.1 Å². The van der Waals surface area contributed by atoms with Crippen molar-refractivity contribution in [1.29, 1.82) is 0 Å². The van der Waals surface area contributed by atoms with E-state index < -0.39 is 0 Å². The molecule has 1 amide bonds. The topological polar surface area (TPSA) is 38.3 Å². The number of carbonyl (C=O) groups is 1. The molecular weight excluding hydrogens is 269 g/mol. The summed E-state index contributed by atoms with van der Waals surface area (Å²) in [6.07, 6.45) is 0.0435. The van der Waals surface area contributed by atoms with Gasteiger partial charge in [-0.1, -0.05) is 30.3 Å². The molecule has 3 nitrogen and oxygen atoms in total. The SMILES string of the molecule is COc1ccc(CNC(=O)Cc2ccccc2F)cc1C. The van der Waals surface area contributed by atoms with Gasteiger partial charge in [0, 0.05) is 6.54 Å². The van der Waals surface area contributed by atoms with Crippen molar-refractivity contribution in [2.75, 3.05) is 7.11 Å². The summed E-state index contributed by atoms with van der Waals surface area (Å²) < 4.78 is 18.6. The third-order valence-corrected chi connectivity index (χ3v) is 3.26. The number of amides is 1. The van der Waals surface area contributed by atoms with Gasteiger partial charge in [0.1, 0.15) is 11.6 Å². The molecule has 0 radical (unpaired) electrons. The number of hydrogen-bond donors (Lipinski definition) is 1. The number of nitrogens with one attached hydrogen (secondary N) is 1. The lowest BCUT2D eigenvalue weighted by Crippen LogP contribution is -2.24. The van der Waals surface area contributed by atoms with Gasteiger partial charge in [-0.15, -0.1) is 0 Å². The summed E-state index contributed by atoms with van der Waals surface area (Å²) in [6, 6.07) is 12.0. The molecule has 21 heavy (non-hydrogen) atoms. The van der Waals surface area contributed by atoms with Gasteiger partial charge >= 0.3 is 0 Å². The summed E-state index contributed by atoms with van der Waals surface area (Å²) in [6.45, 7) is 2.36. The molecule has 0 bridgehead atoms. The molecule has 0 atom stereocenters. The predicted octanol–water partition coefficient (Wildman–Crippen LogP) is 3.00. The van der Waals surface area contributed by atoms with Gasteiger partial charge in [-0.3, -0.25) is 4.79 Å². The molecule has 2 aromatic rings. The zero-order valence-corrected chi connectivity index (χ0v) is 12.2. The van der Waals surface area contributed by atoms with Gasteiger partial charge < -0.3 is 10.1 Å². The molecule has 0 aliphatic carbocycles. The minimum atomic E-state index is -0.354. The van der Waals surface area contributed by atoms with Crippen LogP contribution in [0.25, 0.3) is 0 Å². The highest BCUT2D eigenvalue weighted by Crippen LogP contribution is 2.18. The molecule has 0 aliphatic rings. The Balaban J connectivity index is 1.92. The third kappa shape index (κ3) is 4.05. The van der Waals surface area contributed by atoms with Crippen molar-refractivity contribution in [1.82, 2.24) is 5.32 Å². The quantitative estimate of drug-likeness (QED) is 0.918. The maximum Gasteiger partial charge on any atom is 0.224 e. The van der Waals surface area contributed by atoms with Crippen molar-refractivity contribution in [3.63, 3.8) is 0 Å². The van der Waals surface area contributed by atoms with Crippen LogP contribution in [0.1, 0.15) is 16.7 Å². The summed E-state index contributed by atoms with van der Waals surface area (Å²) >= 11 is 0. The van der Waals surface area contributed by atoms with Gasteiger partial charge in [0.2, 0.25) is 5.91 Å². The summed E-state index contributed by atoms with van der Waals surface area (Å²) in [7, 11) is 1.62. The monoisotopic (exact) mass is 287 g/mol. The van der Waals surface area contributed by atoms with Crippen molar-refractivity contribution in [2.24, 2.45) is 0 Å². The van der Waals surface area contributed by atoms with Gasteiger partial charge in [-0.05, 0) is 35.7 Å². The molecule has 2 rings (SSSR count). The number of methoxy groups -OCH3 is 1. The lowest BCUT2D eigenvalue weighted by molar-refractivity contribution is -0.120. The first kappa shape index (κ1) is 15.0. The molecule has 0 fully saturated rings. The van der Waals surface area contributed by atoms with Crippen molar-refractivity contribution in [3.8, 4) is 5.75 Å². The van der Waals surface area contributed by atoms with Crippen LogP contribution in [-0.2, 0) is 17.8 Å². The minimum absolute atomic E-state index is 0.0435. The average Bonchev–Trinajstić information content (AvgIpc) is 2.48. The molecule has 0 saturated heterocycles. The summed E-state index contributed by atoms with van der Waals surface area (Å²) in [4.78, 5) is 11.8. The highest BCUT2D eigenvalue weighted by atomic mass is 19.1. The van der Waals surface area contributed by atoms with E-state index in [9.17, 15) is 9.18 Å². The lowest BCUT2D eigenvalue weighted by atomic mass is 10.1. The fourth-order valence-electron chi connectivity index (χ4n) is 2.13. The van der Waals surface area contributed by atoms with Gasteiger partial charge in [-0.25, -0.2) is 4.39 Å². The molecule has 110 valence electrons. The number of hydrogen-bond acceptors (Lipinski definition) is 2. The van der Waals surface area contributed by atoms with Crippen molar-refractivity contribution >= 4 is 5.91 Å². The highest BCUT2D eigenvalue weighted by Gasteiger charge is 2.07. The number of benzene rings is 2. The molecule has 0 unspecified atom stereocenters. The normalized spacial score (nSPS) is 10.2. The molecule has 0 aromatic heterocycles. The van der Waals surface area contributed by atoms with E-state index in [1.807, 2.05) is 25.1 Å². The first-order valence-corrected chi connectivity index (χ1v) is 6.74. The molecule has 0 spiro atoms. The number of ether oxygens (including phenoxy) is 1. The van der Waals surface area contributed by atoms with Gasteiger partial charge in [0.15, 0.2) is 0 Å². The predicted molar refractivity (Wildman–Crippen MR) is 79.7 cm³/mol. The Labute approximate surface area is 123 Å². The largest absolute Gasteiger partial charge is 0.496 e.